The molecule has 0 aliphatic carbocycles. The molecule has 4 rings (SSSR count). The molecule has 0 bridgehead atoms. The van der Waals surface area contributed by atoms with E-state index in [4.69, 9.17) is 14.1 Å². The van der Waals surface area contributed by atoms with E-state index in [9.17, 15) is 5.02 Å². The van der Waals surface area contributed by atoms with Crippen LogP contribution in [-0.2, 0) is 0 Å². The zero-order valence-corrected chi connectivity index (χ0v) is 17.3. The number of nitrogens with one attached hydrogen (secondary N) is 1. The van der Waals surface area contributed by atoms with E-state index in [0.717, 1.165) is 26.6 Å². The number of rotatable bonds is 6. The Bertz CT molecular complexity index is 1150. The SMILES string of the molecule is COc1ccc(B(O)Oc2ccc(-c3c[nH]c4ncc(Br)cc34)cn2)cc1OC. The highest BCUT2D eigenvalue weighted by atomic mass is 79.9. The van der Waals surface area contributed by atoms with Crippen LogP contribution >= 0.6 is 15.9 Å². The number of benzene rings is 1. The summed E-state index contributed by atoms with van der Waals surface area (Å²) >= 11 is 3.45. The van der Waals surface area contributed by atoms with Crippen LogP contribution in [0, 0.1) is 0 Å². The van der Waals surface area contributed by atoms with Crippen LogP contribution in [0.4, 0.5) is 0 Å². The molecule has 7 nitrogen and oxygen atoms in total. The van der Waals surface area contributed by atoms with Gasteiger partial charge in [-0.05, 0) is 46.3 Å². The Morgan fingerprint density at radius 2 is 1.83 bits per heavy atom. The molecule has 0 aliphatic heterocycles. The highest BCUT2D eigenvalue weighted by molar-refractivity contribution is 9.10. The van der Waals surface area contributed by atoms with Crippen LogP contribution in [0.5, 0.6) is 17.4 Å². The van der Waals surface area contributed by atoms with Crippen molar-refractivity contribution in [3.63, 3.8) is 0 Å². The molecule has 3 heterocycles. The summed E-state index contributed by atoms with van der Waals surface area (Å²) in [6.07, 6.45) is 5.33. The number of fused-ring (bicyclic) bond motifs is 1. The maximum atomic E-state index is 10.4. The normalized spacial score (nSPS) is 10.8. The molecule has 29 heavy (non-hydrogen) atoms. The molecule has 0 amide bonds. The van der Waals surface area contributed by atoms with Crippen molar-refractivity contribution in [3.05, 3.63) is 59.5 Å². The minimum absolute atomic E-state index is 0.301. The Morgan fingerprint density at radius 1 is 1.00 bits per heavy atom. The van der Waals surface area contributed by atoms with Gasteiger partial charge in [0.2, 0.25) is 0 Å². The first-order valence-corrected chi connectivity index (χ1v) is 9.54. The molecule has 9 heteroatoms. The highest BCUT2D eigenvalue weighted by Gasteiger charge is 2.21. The van der Waals surface area contributed by atoms with Gasteiger partial charge in [-0.1, -0.05) is 6.07 Å². The van der Waals surface area contributed by atoms with E-state index in [-0.39, 0.29) is 0 Å². The molecule has 1 aromatic carbocycles. The van der Waals surface area contributed by atoms with Gasteiger partial charge in [0.1, 0.15) is 5.65 Å². The number of hydrogen-bond acceptors (Lipinski definition) is 6. The zero-order chi connectivity index (χ0) is 20.4. The summed E-state index contributed by atoms with van der Waals surface area (Å²) < 4.78 is 16.9. The number of pyridine rings is 2. The van der Waals surface area contributed by atoms with Crippen molar-refractivity contribution in [2.24, 2.45) is 0 Å². The Kier molecular flexibility index (Phi) is 5.42. The third kappa shape index (κ3) is 3.92. The summed E-state index contributed by atoms with van der Waals surface area (Å²) in [7, 11) is 1.90. The molecule has 0 spiro atoms. The molecule has 0 saturated carbocycles. The highest BCUT2D eigenvalue weighted by Crippen LogP contribution is 2.30. The summed E-state index contributed by atoms with van der Waals surface area (Å²) in [5.41, 5.74) is 3.21. The summed E-state index contributed by atoms with van der Waals surface area (Å²) in [5, 5.41) is 11.4. The number of H-pyrrole nitrogens is 1. The number of ether oxygens (including phenoxy) is 2. The molecule has 2 N–H and O–H groups in total. The van der Waals surface area contributed by atoms with E-state index in [1.807, 2.05) is 18.3 Å². The van der Waals surface area contributed by atoms with Crippen molar-refractivity contribution in [1.29, 1.82) is 0 Å². The van der Waals surface area contributed by atoms with Crippen LogP contribution < -0.4 is 19.6 Å². The molecule has 146 valence electrons. The van der Waals surface area contributed by atoms with Gasteiger partial charge in [-0.3, -0.25) is 0 Å². The fraction of sp³-hybridized carbons (Fsp3) is 0.100. The van der Waals surface area contributed by atoms with E-state index in [0.29, 0.717) is 22.8 Å². The molecule has 4 aromatic rings. The third-order valence-electron chi connectivity index (χ3n) is 4.47. The summed E-state index contributed by atoms with van der Waals surface area (Å²) in [6, 6.07) is 10.7. The van der Waals surface area contributed by atoms with Crippen molar-refractivity contribution in [1.82, 2.24) is 15.0 Å². The summed E-state index contributed by atoms with van der Waals surface area (Å²) in [4.78, 5) is 11.8. The lowest BCUT2D eigenvalue weighted by Crippen LogP contribution is -2.36. The van der Waals surface area contributed by atoms with E-state index in [1.165, 1.54) is 7.11 Å². The van der Waals surface area contributed by atoms with Crippen molar-refractivity contribution in [2.75, 3.05) is 14.2 Å². The van der Waals surface area contributed by atoms with E-state index >= 15 is 0 Å². The zero-order valence-electron chi connectivity index (χ0n) is 15.7. The second kappa shape index (κ2) is 8.14. The van der Waals surface area contributed by atoms with Gasteiger partial charge < -0.3 is 24.1 Å². The summed E-state index contributed by atoms with van der Waals surface area (Å²) in [6.45, 7) is 0. The standard InChI is InChI=1S/C20H17BBrN3O4/c1-27-17-5-4-13(7-18(17)28-2)21(26)29-19-6-3-12(9-23-19)16-11-25-20-15(16)8-14(22)10-24-20/h3-11,26H,1-2H3,(H,24,25). The predicted octanol–water partition coefficient (Wildman–Crippen LogP) is 3.17. The van der Waals surface area contributed by atoms with Crippen molar-refractivity contribution in [2.45, 2.75) is 0 Å². The Morgan fingerprint density at radius 3 is 2.55 bits per heavy atom. The number of aromatic amines is 1. The van der Waals surface area contributed by atoms with Gasteiger partial charge in [0.15, 0.2) is 17.4 Å². The van der Waals surface area contributed by atoms with E-state index in [1.54, 1.807) is 43.8 Å². The average molecular weight is 454 g/mol. The first kappa shape index (κ1) is 19.3. The van der Waals surface area contributed by atoms with Gasteiger partial charge in [0, 0.05) is 45.0 Å². The van der Waals surface area contributed by atoms with Crippen molar-refractivity contribution in [3.8, 4) is 28.5 Å². The maximum absolute atomic E-state index is 10.4. The van der Waals surface area contributed by atoms with Crippen molar-refractivity contribution < 1.29 is 19.2 Å². The van der Waals surface area contributed by atoms with Crippen LogP contribution in [0.3, 0.4) is 0 Å². The molecule has 0 saturated heterocycles. The topological polar surface area (TPSA) is 89.5 Å². The quantitative estimate of drug-likeness (QED) is 0.436. The Labute approximate surface area is 176 Å². The number of nitrogens with zero attached hydrogens (tertiary/aromatic N) is 2. The number of methoxy groups -OCH3 is 2. The average Bonchev–Trinajstić information content (AvgIpc) is 3.16. The molecule has 0 fully saturated rings. The number of aromatic nitrogens is 3. The van der Waals surface area contributed by atoms with Crippen LogP contribution in [0.25, 0.3) is 22.2 Å². The fourth-order valence-electron chi connectivity index (χ4n) is 3.01. The monoisotopic (exact) mass is 453 g/mol. The van der Waals surface area contributed by atoms with Crippen LogP contribution in [-0.4, -0.2) is 41.3 Å². The van der Waals surface area contributed by atoms with Gasteiger partial charge in [0.25, 0.3) is 0 Å². The van der Waals surface area contributed by atoms with E-state index in [2.05, 4.69) is 30.9 Å². The van der Waals surface area contributed by atoms with Crippen molar-refractivity contribution >= 4 is 39.5 Å². The third-order valence-corrected chi connectivity index (χ3v) is 4.90. The molecule has 0 unspecified atom stereocenters. The number of hydrogen-bond donors (Lipinski definition) is 2. The van der Waals surface area contributed by atoms with E-state index < -0.39 is 7.12 Å². The largest absolute Gasteiger partial charge is 0.561 e. The van der Waals surface area contributed by atoms with Crippen LogP contribution in [0.2, 0.25) is 0 Å². The minimum Gasteiger partial charge on any atom is -0.518 e. The molecular formula is C20H17BBrN3O4. The van der Waals surface area contributed by atoms with Gasteiger partial charge in [-0.25, -0.2) is 9.97 Å². The number of halogens is 1. The lowest BCUT2D eigenvalue weighted by atomic mass is 9.79. The molecule has 3 aromatic heterocycles. The molecule has 0 atom stereocenters. The second-order valence-corrected chi connectivity index (χ2v) is 7.14. The van der Waals surface area contributed by atoms with Gasteiger partial charge in [-0.2, -0.15) is 0 Å². The van der Waals surface area contributed by atoms with Crippen LogP contribution in [0.15, 0.2) is 59.5 Å². The predicted molar refractivity (Wildman–Crippen MR) is 115 cm³/mol. The first-order valence-electron chi connectivity index (χ1n) is 8.74. The van der Waals surface area contributed by atoms with Gasteiger partial charge in [-0.15, -0.1) is 0 Å². The lowest BCUT2D eigenvalue weighted by Gasteiger charge is -2.12. The first-order chi connectivity index (χ1) is 14.1. The summed E-state index contributed by atoms with van der Waals surface area (Å²) in [5.74, 6) is 1.39. The van der Waals surface area contributed by atoms with Gasteiger partial charge >= 0.3 is 7.12 Å². The van der Waals surface area contributed by atoms with Crippen LogP contribution in [0.1, 0.15) is 0 Å². The minimum atomic E-state index is -1.19. The van der Waals surface area contributed by atoms with Gasteiger partial charge in [0.05, 0.1) is 14.2 Å². The molecule has 0 radical (unpaired) electrons. The maximum Gasteiger partial charge on any atom is 0.561 e. The Balaban J connectivity index is 1.54. The lowest BCUT2D eigenvalue weighted by molar-refractivity contribution is 0.355. The second-order valence-electron chi connectivity index (χ2n) is 6.22. The fourth-order valence-corrected chi connectivity index (χ4v) is 3.35. The molecule has 0 aliphatic rings. The Hall–Kier alpha value is -3.04. The smallest absolute Gasteiger partial charge is 0.518 e. The molecular weight excluding hydrogens is 437 g/mol.